The van der Waals surface area contributed by atoms with Crippen molar-refractivity contribution >= 4 is 52.4 Å². The number of ether oxygens (including phenoxy) is 1. The topological polar surface area (TPSA) is 26.3 Å². The minimum atomic E-state index is -0.614. The second-order valence-corrected chi connectivity index (χ2v) is 6.53. The molecule has 0 aliphatic rings. The van der Waals surface area contributed by atoms with E-state index in [2.05, 4.69) is 0 Å². The largest absolute Gasteiger partial charge is 0.466 e. The molecule has 2 aromatic carbocycles. The number of hydrogen-bond acceptors (Lipinski definition) is 2. The number of hydrogen-bond donors (Lipinski definition) is 0. The smallest absolute Gasteiger partial charge is 0.313 e. The van der Waals surface area contributed by atoms with Crippen molar-refractivity contribution < 1.29 is 9.53 Å². The molecule has 0 heterocycles. The number of rotatable bonds is 5. The van der Waals surface area contributed by atoms with Gasteiger partial charge in [0.1, 0.15) is 0 Å². The summed E-state index contributed by atoms with van der Waals surface area (Å²) < 4.78 is 5.18. The highest BCUT2D eigenvalue weighted by atomic mass is 35.5. The number of halogens is 4. The first-order valence-electron chi connectivity index (χ1n) is 6.98. The van der Waals surface area contributed by atoms with E-state index in [1.807, 2.05) is 0 Å². The molecule has 0 spiro atoms. The van der Waals surface area contributed by atoms with Crippen LogP contribution in [0.5, 0.6) is 0 Å². The fourth-order valence-electron chi connectivity index (χ4n) is 2.28. The van der Waals surface area contributed by atoms with Crippen LogP contribution >= 0.6 is 46.4 Å². The highest BCUT2D eigenvalue weighted by Gasteiger charge is 2.26. The van der Waals surface area contributed by atoms with E-state index < -0.39 is 5.92 Å². The molecule has 0 saturated heterocycles. The standard InChI is InChI=1S/C17H14Cl4O2/c1-2-23-17(22)12(11-7-6-10(18)8-16(11)21)9-13-14(19)4-3-5-15(13)20/h3-8,12H,2,9H2,1H3/t12-/m1/s1. The van der Waals surface area contributed by atoms with Gasteiger partial charge in [-0.05, 0) is 48.7 Å². The third-order valence-electron chi connectivity index (χ3n) is 3.38. The van der Waals surface area contributed by atoms with Crippen molar-refractivity contribution in [3.63, 3.8) is 0 Å². The van der Waals surface area contributed by atoms with E-state index in [9.17, 15) is 4.79 Å². The lowest BCUT2D eigenvalue weighted by molar-refractivity contribution is -0.144. The minimum absolute atomic E-state index is 0.275. The molecule has 0 radical (unpaired) electrons. The number of esters is 1. The summed E-state index contributed by atoms with van der Waals surface area (Å²) in [7, 11) is 0. The summed E-state index contributed by atoms with van der Waals surface area (Å²) in [5.41, 5.74) is 1.31. The maximum absolute atomic E-state index is 12.4. The molecule has 23 heavy (non-hydrogen) atoms. The SMILES string of the molecule is CCOC(=O)[C@H](Cc1c(Cl)cccc1Cl)c1ccc(Cl)cc1Cl. The Bertz CT molecular complexity index is 695. The van der Waals surface area contributed by atoms with Crippen molar-refractivity contribution in [3.05, 3.63) is 67.6 Å². The van der Waals surface area contributed by atoms with Gasteiger partial charge in [-0.3, -0.25) is 4.79 Å². The molecule has 2 rings (SSSR count). The van der Waals surface area contributed by atoms with E-state index in [1.165, 1.54) is 0 Å². The molecule has 122 valence electrons. The van der Waals surface area contributed by atoms with Crippen molar-refractivity contribution in [2.45, 2.75) is 19.3 Å². The monoisotopic (exact) mass is 390 g/mol. The van der Waals surface area contributed by atoms with Crippen LogP contribution in [0.1, 0.15) is 24.0 Å². The Hall–Kier alpha value is -0.930. The molecule has 0 aliphatic heterocycles. The van der Waals surface area contributed by atoms with Gasteiger partial charge in [0.2, 0.25) is 0 Å². The van der Waals surface area contributed by atoms with Gasteiger partial charge in [-0.15, -0.1) is 0 Å². The Morgan fingerprint density at radius 2 is 1.70 bits per heavy atom. The molecule has 0 N–H and O–H groups in total. The van der Waals surface area contributed by atoms with Gasteiger partial charge in [-0.1, -0.05) is 58.5 Å². The Morgan fingerprint density at radius 1 is 1.04 bits per heavy atom. The molecule has 6 heteroatoms. The molecule has 0 bridgehead atoms. The van der Waals surface area contributed by atoms with E-state index in [-0.39, 0.29) is 12.6 Å². The Balaban J connectivity index is 2.44. The van der Waals surface area contributed by atoms with Crippen LogP contribution in [-0.4, -0.2) is 12.6 Å². The number of benzene rings is 2. The summed E-state index contributed by atoms with van der Waals surface area (Å²) in [6, 6.07) is 10.2. The first kappa shape index (κ1) is 18.4. The average Bonchev–Trinajstić information content (AvgIpc) is 2.48. The third kappa shape index (κ3) is 4.54. The molecular weight excluding hydrogens is 378 g/mol. The summed E-state index contributed by atoms with van der Waals surface area (Å²) in [6.07, 6.45) is 0.290. The van der Waals surface area contributed by atoms with E-state index >= 15 is 0 Å². The van der Waals surface area contributed by atoms with Crippen LogP contribution in [0, 0.1) is 0 Å². The van der Waals surface area contributed by atoms with Crippen LogP contribution < -0.4 is 0 Å². The lowest BCUT2D eigenvalue weighted by Crippen LogP contribution is -2.19. The summed E-state index contributed by atoms with van der Waals surface area (Å²) in [6.45, 7) is 2.03. The van der Waals surface area contributed by atoms with Gasteiger partial charge >= 0.3 is 5.97 Å². The molecule has 2 aromatic rings. The molecule has 0 amide bonds. The first-order chi connectivity index (χ1) is 10.9. The molecule has 1 atom stereocenters. The van der Waals surface area contributed by atoms with Crippen LogP contribution in [0.2, 0.25) is 20.1 Å². The predicted octanol–water partition coefficient (Wildman–Crippen LogP) is 6.19. The summed E-state index contributed by atoms with van der Waals surface area (Å²) >= 11 is 24.6. The van der Waals surface area contributed by atoms with E-state index in [0.29, 0.717) is 37.6 Å². The summed E-state index contributed by atoms with van der Waals surface area (Å²) in [5, 5.41) is 1.89. The van der Waals surface area contributed by atoms with Crippen molar-refractivity contribution in [3.8, 4) is 0 Å². The quantitative estimate of drug-likeness (QED) is 0.568. The molecule has 0 saturated carbocycles. The summed E-state index contributed by atoms with van der Waals surface area (Å²) in [5.74, 6) is -0.996. The number of carbonyl (C=O) groups is 1. The van der Waals surface area contributed by atoms with E-state index in [4.69, 9.17) is 51.1 Å². The Labute approximate surface area is 155 Å². The Morgan fingerprint density at radius 3 is 2.26 bits per heavy atom. The fraction of sp³-hybridized carbons (Fsp3) is 0.235. The molecule has 0 aliphatic carbocycles. The van der Waals surface area contributed by atoms with E-state index in [0.717, 1.165) is 0 Å². The zero-order valence-corrected chi connectivity index (χ0v) is 15.3. The van der Waals surface area contributed by atoms with Crippen molar-refractivity contribution in [2.75, 3.05) is 6.61 Å². The lowest BCUT2D eigenvalue weighted by Gasteiger charge is -2.19. The highest BCUT2D eigenvalue weighted by molar-refractivity contribution is 6.36. The first-order valence-corrected chi connectivity index (χ1v) is 8.49. The molecule has 0 fully saturated rings. The fourth-order valence-corrected chi connectivity index (χ4v) is 3.37. The maximum atomic E-state index is 12.4. The normalized spacial score (nSPS) is 12.0. The van der Waals surface area contributed by atoms with Crippen molar-refractivity contribution in [2.24, 2.45) is 0 Å². The van der Waals surface area contributed by atoms with Gasteiger partial charge in [0, 0.05) is 20.1 Å². The van der Waals surface area contributed by atoms with Gasteiger partial charge in [-0.25, -0.2) is 0 Å². The van der Waals surface area contributed by atoms with Gasteiger partial charge in [0.05, 0.1) is 12.5 Å². The van der Waals surface area contributed by atoms with Gasteiger partial charge < -0.3 is 4.74 Å². The zero-order valence-electron chi connectivity index (χ0n) is 12.3. The van der Waals surface area contributed by atoms with Gasteiger partial charge in [-0.2, -0.15) is 0 Å². The highest BCUT2D eigenvalue weighted by Crippen LogP contribution is 2.34. The maximum Gasteiger partial charge on any atom is 0.313 e. The van der Waals surface area contributed by atoms with Crippen LogP contribution in [0.3, 0.4) is 0 Å². The van der Waals surface area contributed by atoms with Crippen LogP contribution in [-0.2, 0) is 16.0 Å². The molecule has 0 unspecified atom stereocenters. The van der Waals surface area contributed by atoms with E-state index in [1.54, 1.807) is 43.3 Å². The third-order valence-corrected chi connectivity index (χ3v) is 4.65. The predicted molar refractivity (Wildman–Crippen MR) is 96.0 cm³/mol. The average molecular weight is 392 g/mol. The van der Waals surface area contributed by atoms with Crippen LogP contribution in [0.25, 0.3) is 0 Å². The molecular formula is C17H14Cl4O2. The zero-order chi connectivity index (χ0) is 17.0. The van der Waals surface area contributed by atoms with Gasteiger partial charge in [0.15, 0.2) is 0 Å². The summed E-state index contributed by atoms with van der Waals surface area (Å²) in [4.78, 5) is 12.4. The second kappa shape index (κ2) is 8.25. The lowest BCUT2D eigenvalue weighted by atomic mass is 9.92. The van der Waals surface area contributed by atoms with Gasteiger partial charge in [0.25, 0.3) is 0 Å². The second-order valence-electron chi connectivity index (χ2n) is 4.87. The van der Waals surface area contributed by atoms with Crippen molar-refractivity contribution in [1.29, 1.82) is 0 Å². The molecule has 0 aromatic heterocycles. The van der Waals surface area contributed by atoms with Crippen molar-refractivity contribution in [1.82, 2.24) is 0 Å². The van der Waals surface area contributed by atoms with Crippen LogP contribution in [0.15, 0.2) is 36.4 Å². The Kier molecular flexibility index (Phi) is 6.60. The minimum Gasteiger partial charge on any atom is -0.466 e. The van der Waals surface area contributed by atoms with Crippen LogP contribution in [0.4, 0.5) is 0 Å². The molecule has 2 nitrogen and oxygen atoms in total. The number of carbonyl (C=O) groups excluding carboxylic acids is 1.